The van der Waals surface area contributed by atoms with Gasteiger partial charge in [-0.15, -0.1) is 0 Å². The van der Waals surface area contributed by atoms with Crippen molar-refractivity contribution in [1.82, 2.24) is 14.9 Å². The molecule has 4 rings (SSSR count). The topological polar surface area (TPSA) is 65.4 Å². The Bertz CT molecular complexity index is 1250. The van der Waals surface area contributed by atoms with Gasteiger partial charge in [0.2, 0.25) is 0 Å². The van der Waals surface area contributed by atoms with Crippen LogP contribution in [0, 0.1) is 0 Å². The van der Waals surface area contributed by atoms with Crippen molar-refractivity contribution in [3.05, 3.63) is 89.2 Å². The van der Waals surface area contributed by atoms with E-state index in [0.717, 1.165) is 54.8 Å². The molecule has 0 aliphatic carbocycles. The number of aromatic nitrogens is 2. The van der Waals surface area contributed by atoms with E-state index in [4.69, 9.17) is 26.1 Å². The van der Waals surface area contributed by atoms with E-state index in [9.17, 15) is 4.79 Å². The second-order valence-electron chi connectivity index (χ2n) is 8.27. The van der Waals surface area contributed by atoms with Crippen LogP contribution in [-0.4, -0.2) is 35.7 Å². The van der Waals surface area contributed by atoms with E-state index in [-0.39, 0.29) is 5.91 Å². The Morgan fingerprint density at radius 3 is 2.63 bits per heavy atom. The van der Waals surface area contributed by atoms with E-state index in [1.807, 2.05) is 54.6 Å². The lowest BCUT2D eigenvalue weighted by molar-refractivity contribution is 0.0952. The summed E-state index contributed by atoms with van der Waals surface area (Å²) in [5.74, 6) is 2.47. The molecule has 182 valence electrons. The number of nitrogens with zero attached hydrogens (tertiary/aromatic N) is 2. The van der Waals surface area contributed by atoms with E-state index in [0.29, 0.717) is 29.5 Å². The molecule has 1 aromatic heterocycles. The lowest BCUT2D eigenvalue weighted by Crippen LogP contribution is -2.24. The predicted octanol–water partition coefficient (Wildman–Crippen LogP) is 5.92. The molecule has 6 nitrogen and oxygen atoms in total. The number of hydrogen-bond donors (Lipinski definition) is 1. The Morgan fingerprint density at radius 1 is 0.971 bits per heavy atom. The molecule has 0 saturated heterocycles. The van der Waals surface area contributed by atoms with Crippen molar-refractivity contribution in [3.8, 4) is 11.5 Å². The van der Waals surface area contributed by atoms with Crippen molar-refractivity contribution in [1.29, 1.82) is 0 Å². The van der Waals surface area contributed by atoms with Gasteiger partial charge < -0.3 is 19.4 Å². The maximum atomic E-state index is 12.3. The SMILES string of the molecule is COc1cccc(C(=O)NCCCCCc2nc3ccccc3n2CCOc2ccc(Cl)cc2)c1. The molecule has 0 unspecified atom stereocenters. The summed E-state index contributed by atoms with van der Waals surface area (Å²) in [5, 5.41) is 3.68. The molecule has 35 heavy (non-hydrogen) atoms. The number of benzene rings is 3. The number of halogens is 1. The number of rotatable bonds is 12. The summed E-state index contributed by atoms with van der Waals surface area (Å²) in [6, 6.07) is 22.8. The van der Waals surface area contributed by atoms with Gasteiger partial charge >= 0.3 is 0 Å². The first-order valence-electron chi connectivity index (χ1n) is 11.9. The van der Waals surface area contributed by atoms with Crippen LogP contribution in [0.5, 0.6) is 11.5 Å². The van der Waals surface area contributed by atoms with Gasteiger partial charge in [0.05, 0.1) is 24.7 Å². The number of unbranched alkanes of at least 4 members (excludes halogenated alkanes) is 2. The molecule has 0 aliphatic heterocycles. The number of nitrogens with one attached hydrogen (secondary N) is 1. The summed E-state index contributed by atoms with van der Waals surface area (Å²) in [7, 11) is 1.60. The second kappa shape index (κ2) is 12.3. The molecule has 4 aromatic rings. The van der Waals surface area contributed by atoms with Crippen LogP contribution >= 0.6 is 11.6 Å². The van der Waals surface area contributed by atoms with Crippen LogP contribution < -0.4 is 14.8 Å². The van der Waals surface area contributed by atoms with Crippen molar-refractivity contribution in [2.75, 3.05) is 20.3 Å². The van der Waals surface area contributed by atoms with Gasteiger partial charge in [0.15, 0.2) is 0 Å². The number of para-hydroxylation sites is 2. The minimum absolute atomic E-state index is 0.0774. The van der Waals surface area contributed by atoms with Crippen molar-refractivity contribution in [2.24, 2.45) is 0 Å². The molecule has 7 heteroatoms. The second-order valence-corrected chi connectivity index (χ2v) is 8.71. The zero-order chi connectivity index (χ0) is 24.5. The van der Waals surface area contributed by atoms with Crippen molar-refractivity contribution >= 4 is 28.5 Å². The van der Waals surface area contributed by atoms with E-state index < -0.39 is 0 Å². The fraction of sp³-hybridized carbons (Fsp3) is 0.286. The van der Waals surface area contributed by atoms with Crippen LogP contribution in [0.1, 0.15) is 35.4 Å². The predicted molar refractivity (Wildman–Crippen MR) is 140 cm³/mol. The van der Waals surface area contributed by atoms with Gasteiger partial charge in [-0.1, -0.05) is 36.2 Å². The number of carbonyl (C=O) groups is 1. The van der Waals surface area contributed by atoms with Crippen LogP contribution in [0.2, 0.25) is 5.02 Å². The van der Waals surface area contributed by atoms with Gasteiger partial charge in [0.25, 0.3) is 5.91 Å². The fourth-order valence-electron chi connectivity index (χ4n) is 4.00. The minimum Gasteiger partial charge on any atom is -0.497 e. The van der Waals surface area contributed by atoms with Gasteiger partial charge in [0, 0.05) is 23.6 Å². The Labute approximate surface area is 210 Å². The molecule has 1 N–H and O–H groups in total. The lowest BCUT2D eigenvalue weighted by atomic mass is 10.1. The number of amides is 1. The van der Waals surface area contributed by atoms with Gasteiger partial charge in [-0.05, 0) is 67.4 Å². The highest BCUT2D eigenvalue weighted by Gasteiger charge is 2.11. The first-order chi connectivity index (χ1) is 17.1. The highest BCUT2D eigenvalue weighted by Crippen LogP contribution is 2.19. The number of carbonyl (C=O) groups excluding carboxylic acids is 1. The summed E-state index contributed by atoms with van der Waals surface area (Å²) in [5.41, 5.74) is 2.73. The molecule has 3 aromatic carbocycles. The quantitative estimate of drug-likeness (QED) is 0.250. The van der Waals surface area contributed by atoms with Crippen molar-refractivity contribution in [2.45, 2.75) is 32.2 Å². The van der Waals surface area contributed by atoms with Gasteiger partial charge in [0.1, 0.15) is 23.9 Å². The first kappa shape index (κ1) is 24.6. The van der Waals surface area contributed by atoms with Crippen LogP contribution in [0.4, 0.5) is 0 Å². The average molecular weight is 492 g/mol. The van der Waals surface area contributed by atoms with E-state index >= 15 is 0 Å². The Hall–Kier alpha value is -3.51. The maximum absolute atomic E-state index is 12.3. The van der Waals surface area contributed by atoms with Gasteiger partial charge in [-0.3, -0.25) is 4.79 Å². The molecule has 1 amide bonds. The monoisotopic (exact) mass is 491 g/mol. The average Bonchev–Trinajstić information content (AvgIpc) is 3.24. The van der Waals surface area contributed by atoms with Crippen LogP contribution in [0.25, 0.3) is 11.0 Å². The molecule has 0 spiro atoms. The number of fused-ring (bicyclic) bond motifs is 1. The smallest absolute Gasteiger partial charge is 0.251 e. The number of imidazole rings is 1. The third-order valence-electron chi connectivity index (χ3n) is 5.83. The van der Waals surface area contributed by atoms with E-state index in [1.54, 1.807) is 19.2 Å². The summed E-state index contributed by atoms with van der Waals surface area (Å²) >= 11 is 5.95. The summed E-state index contributed by atoms with van der Waals surface area (Å²) < 4.78 is 13.3. The fourth-order valence-corrected chi connectivity index (χ4v) is 4.13. The van der Waals surface area contributed by atoms with Gasteiger partial charge in [-0.2, -0.15) is 0 Å². The normalized spacial score (nSPS) is 10.9. The number of ether oxygens (including phenoxy) is 2. The number of hydrogen-bond acceptors (Lipinski definition) is 4. The van der Waals surface area contributed by atoms with Gasteiger partial charge in [-0.25, -0.2) is 4.98 Å². The molecule has 1 heterocycles. The first-order valence-corrected chi connectivity index (χ1v) is 12.3. The third-order valence-corrected chi connectivity index (χ3v) is 6.08. The van der Waals surface area contributed by atoms with Crippen LogP contribution in [0.15, 0.2) is 72.8 Å². The molecule has 0 bridgehead atoms. The third kappa shape index (κ3) is 6.76. The zero-order valence-corrected chi connectivity index (χ0v) is 20.6. The number of aryl methyl sites for hydroxylation is 1. The van der Waals surface area contributed by atoms with Crippen molar-refractivity contribution in [3.63, 3.8) is 0 Å². The summed E-state index contributed by atoms with van der Waals surface area (Å²) in [6.07, 6.45) is 3.79. The highest BCUT2D eigenvalue weighted by molar-refractivity contribution is 6.30. The maximum Gasteiger partial charge on any atom is 0.251 e. The Morgan fingerprint density at radius 2 is 1.80 bits per heavy atom. The standard InChI is InChI=1S/C28H30ClN3O3/c1-34-24-9-7-8-21(20-24)28(33)30-17-6-2-3-12-27-31-25-10-4-5-11-26(25)32(27)18-19-35-23-15-13-22(29)14-16-23/h4-5,7-11,13-16,20H,2-3,6,12,17-19H2,1H3,(H,30,33). The lowest BCUT2D eigenvalue weighted by Gasteiger charge is -2.11. The molecule has 0 radical (unpaired) electrons. The van der Waals surface area contributed by atoms with Crippen LogP contribution in [0.3, 0.4) is 0 Å². The molecule has 0 fully saturated rings. The minimum atomic E-state index is -0.0774. The highest BCUT2D eigenvalue weighted by atomic mass is 35.5. The summed E-state index contributed by atoms with van der Waals surface area (Å²) in [6.45, 7) is 1.90. The Kier molecular flexibility index (Phi) is 8.63. The van der Waals surface area contributed by atoms with E-state index in [1.165, 1.54) is 0 Å². The van der Waals surface area contributed by atoms with Crippen LogP contribution in [-0.2, 0) is 13.0 Å². The van der Waals surface area contributed by atoms with E-state index in [2.05, 4.69) is 16.0 Å². The molecule has 0 aliphatic rings. The van der Waals surface area contributed by atoms with Crippen molar-refractivity contribution < 1.29 is 14.3 Å². The zero-order valence-electron chi connectivity index (χ0n) is 19.9. The molecular formula is C28H30ClN3O3. The molecule has 0 atom stereocenters. The largest absolute Gasteiger partial charge is 0.497 e. The Balaban J connectivity index is 1.26. The molecule has 0 saturated carbocycles. The number of methoxy groups -OCH3 is 1. The molecular weight excluding hydrogens is 462 g/mol. The summed E-state index contributed by atoms with van der Waals surface area (Å²) in [4.78, 5) is 17.2.